The fraction of sp³-hybridized carbons (Fsp3) is 0.444. The van der Waals surface area contributed by atoms with Gasteiger partial charge in [0.15, 0.2) is 5.96 Å². The van der Waals surface area contributed by atoms with Crippen LogP contribution in [0, 0.1) is 5.92 Å². The molecule has 0 aliphatic carbocycles. The molecule has 0 amide bonds. The van der Waals surface area contributed by atoms with Crippen LogP contribution in [0.5, 0.6) is 0 Å². The maximum atomic E-state index is 4.68. The van der Waals surface area contributed by atoms with Crippen molar-refractivity contribution in [2.75, 3.05) is 13.6 Å². The zero-order valence-electron chi connectivity index (χ0n) is 14.2. The van der Waals surface area contributed by atoms with Crippen molar-refractivity contribution < 1.29 is 0 Å². The summed E-state index contributed by atoms with van der Waals surface area (Å²) in [6.07, 6.45) is 2.39. The molecule has 1 aromatic heterocycles. The van der Waals surface area contributed by atoms with Crippen LogP contribution in [0.25, 0.3) is 11.3 Å². The van der Waals surface area contributed by atoms with E-state index in [4.69, 9.17) is 0 Å². The molecule has 1 aromatic carbocycles. The zero-order chi connectivity index (χ0) is 16.5. The number of aliphatic imine (C=N–C) groups is 1. The van der Waals surface area contributed by atoms with Crippen LogP contribution in [0.1, 0.15) is 31.7 Å². The molecule has 0 fully saturated rings. The summed E-state index contributed by atoms with van der Waals surface area (Å²) in [5.41, 5.74) is 2.19. The van der Waals surface area contributed by atoms with Gasteiger partial charge in [-0.1, -0.05) is 44.2 Å². The summed E-state index contributed by atoms with van der Waals surface area (Å²) in [4.78, 5) is 8.94. The Kier molecular flexibility index (Phi) is 7.07. The number of rotatable bonds is 7. The van der Waals surface area contributed by atoms with E-state index in [1.807, 2.05) is 18.2 Å². The molecule has 0 spiro atoms. The van der Waals surface area contributed by atoms with Gasteiger partial charge in [-0.3, -0.25) is 4.99 Å². The van der Waals surface area contributed by atoms with Crippen LogP contribution in [0.4, 0.5) is 0 Å². The lowest BCUT2D eigenvalue weighted by Crippen LogP contribution is -2.37. The van der Waals surface area contributed by atoms with Gasteiger partial charge in [-0.25, -0.2) is 4.98 Å². The van der Waals surface area contributed by atoms with E-state index in [-0.39, 0.29) is 0 Å². The van der Waals surface area contributed by atoms with Crippen molar-refractivity contribution in [3.05, 3.63) is 40.7 Å². The molecule has 124 valence electrons. The van der Waals surface area contributed by atoms with Gasteiger partial charge in [0, 0.05) is 24.5 Å². The first-order valence-corrected chi connectivity index (χ1v) is 9.01. The number of benzene rings is 1. The molecule has 2 rings (SSSR count). The van der Waals surface area contributed by atoms with Gasteiger partial charge in [0.05, 0.1) is 12.2 Å². The fourth-order valence-corrected chi connectivity index (χ4v) is 2.97. The monoisotopic (exact) mass is 330 g/mol. The molecule has 0 atom stereocenters. The Morgan fingerprint density at radius 2 is 2.00 bits per heavy atom. The predicted molar refractivity (Wildman–Crippen MR) is 99.8 cm³/mol. The van der Waals surface area contributed by atoms with Gasteiger partial charge in [-0.05, 0) is 18.8 Å². The number of hydrogen-bond donors (Lipinski definition) is 2. The van der Waals surface area contributed by atoms with E-state index in [2.05, 4.69) is 52.0 Å². The van der Waals surface area contributed by atoms with Gasteiger partial charge in [0.25, 0.3) is 0 Å². The van der Waals surface area contributed by atoms with Crippen LogP contribution < -0.4 is 10.6 Å². The van der Waals surface area contributed by atoms with E-state index in [1.165, 1.54) is 6.42 Å². The number of aromatic nitrogens is 1. The first-order chi connectivity index (χ1) is 11.2. The molecule has 5 heteroatoms. The summed E-state index contributed by atoms with van der Waals surface area (Å²) in [5, 5.41) is 9.84. The van der Waals surface area contributed by atoms with Crippen molar-refractivity contribution >= 4 is 17.3 Å². The van der Waals surface area contributed by atoms with Crippen molar-refractivity contribution in [3.63, 3.8) is 0 Å². The second-order valence-electron chi connectivity index (χ2n) is 5.88. The molecule has 0 saturated heterocycles. The molecule has 23 heavy (non-hydrogen) atoms. The highest BCUT2D eigenvalue weighted by Gasteiger charge is 2.05. The molecule has 0 radical (unpaired) electrons. The number of hydrogen-bond acceptors (Lipinski definition) is 3. The third-order valence-corrected chi connectivity index (χ3v) is 4.35. The van der Waals surface area contributed by atoms with Crippen LogP contribution >= 0.6 is 11.3 Å². The Balaban J connectivity index is 1.79. The minimum atomic E-state index is 0.696. The summed E-state index contributed by atoms with van der Waals surface area (Å²) in [6, 6.07) is 10.3. The molecule has 0 aliphatic heterocycles. The van der Waals surface area contributed by atoms with Crippen molar-refractivity contribution in [3.8, 4) is 11.3 Å². The van der Waals surface area contributed by atoms with Crippen molar-refractivity contribution in [2.45, 2.75) is 33.2 Å². The van der Waals surface area contributed by atoms with Crippen LogP contribution in [0.3, 0.4) is 0 Å². The first kappa shape index (κ1) is 17.5. The largest absolute Gasteiger partial charge is 0.356 e. The second-order valence-corrected chi connectivity index (χ2v) is 6.82. The number of thiazole rings is 1. The standard InChI is InChI=1S/C18H26N4S/c1-14(2)8-7-11-20-18(19-3)21-12-17-22-16(13-23-17)15-9-5-4-6-10-15/h4-6,9-10,13-14H,7-8,11-12H2,1-3H3,(H2,19,20,21). The highest BCUT2D eigenvalue weighted by atomic mass is 32.1. The lowest BCUT2D eigenvalue weighted by Gasteiger charge is -2.11. The topological polar surface area (TPSA) is 49.3 Å². The fourth-order valence-electron chi connectivity index (χ4n) is 2.23. The maximum Gasteiger partial charge on any atom is 0.191 e. The molecule has 4 nitrogen and oxygen atoms in total. The Labute approximate surface area is 143 Å². The highest BCUT2D eigenvalue weighted by molar-refractivity contribution is 7.09. The SMILES string of the molecule is CN=C(NCCCC(C)C)NCc1nc(-c2ccccc2)cs1. The van der Waals surface area contributed by atoms with E-state index < -0.39 is 0 Å². The quantitative estimate of drug-likeness (QED) is 0.460. The lowest BCUT2D eigenvalue weighted by atomic mass is 10.1. The molecule has 2 N–H and O–H groups in total. The van der Waals surface area contributed by atoms with Crippen LogP contribution in [0.2, 0.25) is 0 Å². The van der Waals surface area contributed by atoms with Gasteiger partial charge in [-0.15, -0.1) is 11.3 Å². The van der Waals surface area contributed by atoms with E-state index >= 15 is 0 Å². The van der Waals surface area contributed by atoms with Crippen LogP contribution in [-0.2, 0) is 6.54 Å². The first-order valence-electron chi connectivity index (χ1n) is 8.13. The Morgan fingerprint density at radius 1 is 1.22 bits per heavy atom. The van der Waals surface area contributed by atoms with Crippen molar-refractivity contribution in [2.24, 2.45) is 10.9 Å². The third-order valence-electron chi connectivity index (χ3n) is 3.50. The van der Waals surface area contributed by atoms with Crippen molar-refractivity contribution in [1.29, 1.82) is 0 Å². The van der Waals surface area contributed by atoms with Crippen molar-refractivity contribution in [1.82, 2.24) is 15.6 Å². The molecular formula is C18H26N4S. The van der Waals surface area contributed by atoms with E-state index in [0.29, 0.717) is 6.54 Å². The average Bonchev–Trinajstić information content (AvgIpc) is 3.04. The third kappa shape index (κ3) is 6.02. The molecule has 0 bridgehead atoms. The molecule has 2 aromatic rings. The Bertz CT molecular complexity index is 604. The normalized spacial score (nSPS) is 11.7. The summed E-state index contributed by atoms with van der Waals surface area (Å²) >= 11 is 1.67. The predicted octanol–water partition coefficient (Wildman–Crippen LogP) is 3.91. The Morgan fingerprint density at radius 3 is 2.70 bits per heavy atom. The summed E-state index contributed by atoms with van der Waals surface area (Å²) in [7, 11) is 1.80. The molecule has 0 aliphatic rings. The second kappa shape index (κ2) is 9.30. The smallest absolute Gasteiger partial charge is 0.191 e. The zero-order valence-corrected chi connectivity index (χ0v) is 15.0. The van der Waals surface area contributed by atoms with Gasteiger partial charge in [0.2, 0.25) is 0 Å². The molecule has 1 heterocycles. The minimum absolute atomic E-state index is 0.696. The van der Waals surface area contributed by atoms with Crippen LogP contribution in [-0.4, -0.2) is 24.5 Å². The Hall–Kier alpha value is -1.88. The molecule has 0 saturated carbocycles. The molecular weight excluding hydrogens is 304 g/mol. The summed E-state index contributed by atoms with van der Waals surface area (Å²) < 4.78 is 0. The average molecular weight is 331 g/mol. The number of nitrogens with one attached hydrogen (secondary N) is 2. The highest BCUT2D eigenvalue weighted by Crippen LogP contribution is 2.21. The van der Waals surface area contributed by atoms with E-state index in [9.17, 15) is 0 Å². The summed E-state index contributed by atoms with van der Waals surface area (Å²) in [6.45, 7) is 6.14. The molecule has 0 unspecified atom stereocenters. The van der Waals surface area contributed by atoms with Crippen LogP contribution in [0.15, 0.2) is 40.7 Å². The van der Waals surface area contributed by atoms with Gasteiger partial charge in [0.1, 0.15) is 5.01 Å². The number of nitrogens with zero attached hydrogens (tertiary/aromatic N) is 2. The minimum Gasteiger partial charge on any atom is -0.356 e. The van der Waals surface area contributed by atoms with Gasteiger partial charge >= 0.3 is 0 Å². The van der Waals surface area contributed by atoms with E-state index in [1.54, 1.807) is 18.4 Å². The summed E-state index contributed by atoms with van der Waals surface area (Å²) in [5.74, 6) is 1.59. The van der Waals surface area contributed by atoms with E-state index in [0.717, 1.165) is 41.1 Å². The van der Waals surface area contributed by atoms with Gasteiger partial charge in [-0.2, -0.15) is 0 Å². The number of guanidine groups is 1. The van der Waals surface area contributed by atoms with Gasteiger partial charge < -0.3 is 10.6 Å². The lowest BCUT2D eigenvalue weighted by molar-refractivity contribution is 0.549. The maximum absolute atomic E-state index is 4.68.